The predicted octanol–water partition coefficient (Wildman–Crippen LogP) is 5.03. The van der Waals surface area contributed by atoms with E-state index in [9.17, 15) is 18.7 Å². The number of aliphatic hydroxyl groups is 1. The lowest BCUT2D eigenvalue weighted by Gasteiger charge is -2.16. The van der Waals surface area contributed by atoms with Gasteiger partial charge >= 0.3 is 6.03 Å². The molecule has 12 heteroatoms. The number of halogens is 2. The van der Waals surface area contributed by atoms with Crippen LogP contribution in [0.5, 0.6) is 0 Å². The molecule has 1 aliphatic rings. The number of amides is 2. The summed E-state index contributed by atoms with van der Waals surface area (Å²) in [5, 5.41) is 16.1. The van der Waals surface area contributed by atoms with Gasteiger partial charge in [0.1, 0.15) is 5.60 Å². The van der Waals surface area contributed by atoms with Crippen LogP contribution in [0.25, 0.3) is 32.6 Å². The number of carbonyl (C=O) groups is 1. The Kier molecular flexibility index (Phi) is 7.27. The van der Waals surface area contributed by atoms with E-state index >= 15 is 0 Å². The summed E-state index contributed by atoms with van der Waals surface area (Å²) in [5.74, 6) is -2.36. The molecule has 1 aromatic carbocycles. The van der Waals surface area contributed by atoms with Gasteiger partial charge in [0.25, 0.3) is 5.92 Å². The van der Waals surface area contributed by atoms with Crippen molar-refractivity contribution in [2.75, 3.05) is 25.0 Å². The van der Waals surface area contributed by atoms with Crippen LogP contribution in [-0.4, -0.2) is 61.5 Å². The maximum Gasteiger partial charge on any atom is 0.321 e. The number of nitrogens with one attached hydrogen (secondary N) is 2. The number of fused-ring (bicyclic) bond motifs is 1. The van der Waals surface area contributed by atoms with Crippen LogP contribution in [0.1, 0.15) is 38.6 Å². The molecule has 5 rings (SSSR count). The van der Waals surface area contributed by atoms with E-state index in [2.05, 4.69) is 30.6 Å². The molecule has 4 heterocycles. The van der Waals surface area contributed by atoms with Gasteiger partial charge in [-0.25, -0.2) is 28.5 Å². The van der Waals surface area contributed by atoms with Gasteiger partial charge in [0.15, 0.2) is 11.0 Å². The van der Waals surface area contributed by atoms with Gasteiger partial charge in [-0.2, -0.15) is 0 Å². The quantitative estimate of drug-likeness (QED) is 0.294. The molecule has 3 N–H and O–H groups in total. The Morgan fingerprint density at radius 2 is 1.95 bits per heavy atom. The number of pyridine rings is 1. The minimum atomic E-state index is -2.66. The van der Waals surface area contributed by atoms with Gasteiger partial charge in [0.2, 0.25) is 0 Å². The fraction of sp³-hybridized carbons (Fsp3) is 0.370. The highest BCUT2D eigenvalue weighted by Gasteiger charge is 2.37. The number of nitrogens with zero attached hydrogens (tertiary/aromatic N) is 5. The van der Waals surface area contributed by atoms with Crippen LogP contribution in [0, 0.1) is 0 Å². The molecule has 9 nitrogen and oxygen atoms in total. The number of aromatic nitrogens is 4. The van der Waals surface area contributed by atoms with Crippen molar-refractivity contribution in [1.82, 2.24) is 30.2 Å². The second kappa shape index (κ2) is 10.5. The average molecular weight is 554 g/mol. The summed E-state index contributed by atoms with van der Waals surface area (Å²) in [6.07, 6.45) is 4.82. The third kappa shape index (κ3) is 6.18. The molecule has 0 saturated carbocycles. The van der Waals surface area contributed by atoms with Crippen LogP contribution in [0.15, 0.2) is 42.9 Å². The monoisotopic (exact) mass is 553 g/mol. The lowest BCUT2D eigenvalue weighted by molar-refractivity contribution is 0.0115. The summed E-state index contributed by atoms with van der Waals surface area (Å²) < 4.78 is 28.3. The van der Waals surface area contributed by atoms with Crippen molar-refractivity contribution in [2.45, 2.75) is 45.3 Å². The molecule has 2 amide bonds. The van der Waals surface area contributed by atoms with Gasteiger partial charge in [-0.3, -0.25) is 15.2 Å². The maximum atomic E-state index is 13.7. The second-order valence-corrected chi connectivity index (χ2v) is 11.1. The first-order valence-electron chi connectivity index (χ1n) is 12.6. The van der Waals surface area contributed by atoms with Crippen LogP contribution in [0.3, 0.4) is 0 Å². The van der Waals surface area contributed by atoms with Gasteiger partial charge in [0.05, 0.1) is 22.5 Å². The first-order valence-corrected chi connectivity index (χ1v) is 13.4. The third-order valence-electron chi connectivity index (χ3n) is 6.34. The maximum absolute atomic E-state index is 13.7. The summed E-state index contributed by atoms with van der Waals surface area (Å²) in [5.41, 5.74) is 3.29. The number of urea groups is 1. The van der Waals surface area contributed by atoms with Crippen molar-refractivity contribution in [3.05, 3.63) is 54.2 Å². The largest absolute Gasteiger partial charge is 0.382 e. The van der Waals surface area contributed by atoms with Crippen LogP contribution in [0.2, 0.25) is 0 Å². The molecule has 1 fully saturated rings. The van der Waals surface area contributed by atoms with Crippen molar-refractivity contribution in [1.29, 1.82) is 0 Å². The number of alkyl halides is 2. The molecule has 1 saturated heterocycles. The fourth-order valence-corrected chi connectivity index (χ4v) is 5.42. The smallest absolute Gasteiger partial charge is 0.321 e. The number of hydrogen-bond acceptors (Lipinski definition) is 8. The summed E-state index contributed by atoms with van der Waals surface area (Å²) >= 11 is 1.32. The normalized spacial score (nSPS) is 15.5. The van der Waals surface area contributed by atoms with Crippen LogP contribution >= 0.6 is 11.3 Å². The zero-order chi connectivity index (χ0) is 27.8. The lowest BCUT2D eigenvalue weighted by Crippen LogP contribution is -2.28. The van der Waals surface area contributed by atoms with E-state index < -0.39 is 11.5 Å². The second-order valence-electron chi connectivity index (χ2n) is 10.1. The molecule has 0 radical (unpaired) electrons. The Morgan fingerprint density at radius 1 is 1.18 bits per heavy atom. The molecular weight excluding hydrogens is 524 g/mol. The Hall–Kier alpha value is -3.61. The minimum Gasteiger partial charge on any atom is -0.382 e. The van der Waals surface area contributed by atoms with E-state index in [0.717, 1.165) is 21.4 Å². The number of hydrogen-bond donors (Lipinski definition) is 3. The van der Waals surface area contributed by atoms with Crippen molar-refractivity contribution in [3.63, 3.8) is 0 Å². The number of thiazole rings is 1. The van der Waals surface area contributed by atoms with Gasteiger partial charge < -0.3 is 10.4 Å². The van der Waals surface area contributed by atoms with E-state index in [-0.39, 0.29) is 19.0 Å². The highest BCUT2D eigenvalue weighted by atomic mass is 32.1. The van der Waals surface area contributed by atoms with Crippen LogP contribution in [0.4, 0.5) is 18.7 Å². The molecule has 1 aliphatic heterocycles. The lowest BCUT2D eigenvalue weighted by atomic mass is 10.0. The van der Waals surface area contributed by atoms with E-state index in [4.69, 9.17) is 0 Å². The fourth-order valence-electron chi connectivity index (χ4n) is 4.46. The molecule has 0 unspecified atom stereocenters. The Labute approximate surface area is 228 Å². The van der Waals surface area contributed by atoms with Crippen LogP contribution < -0.4 is 10.6 Å². The van der Waals surface area contributed by atoms with E-state index in [1.807, 2.05) is 31.2 Å². The first-order chi connectivity index (χ1) is 18.5. The first kappa shape index (κ1) is 27.0. The molecule has 204 valence electrons. The molecule has 0 bridgehead atoms. The molecule has 0 spiro atoms. The van der Waals surface area contributed by atoms with Crippen molar-refractivity contribution < 1.29 is 18.7 Å². The van der Waals surface area contributed by atoms with Gasteiger partial charge in [-0.15, -0.1) is 0 Å². The van der Waals surface area contributed by atoms with Crippen LogP contribution in [-0.2, 0) is 12.1 Å². The zero-order valence-electron chi connectivity index (χ0n) is 21.8. The number of anilines is 1. The molecule has 39 heavy (non-hydrogen) atoms. The standard InChI is InChI=1S/C27H29F2N7O2S/c1-4-30-24(37)35-25-34-21-11-17(18-12-32-23(33-13-18)26(2,3)38)10-19(22(21)39-25)20-9-16(5-7-31-20)14-36-8-6-27(28,29)15-36/h5,7,9-13,38H,4,6,8,14-15H2,1-3H3,(H2,30,34,35,37). The Bertz CT molecular complexity index is 1500. The minimum absolute atomic E-state index is 0.135. The van der Waals surface area contributed by atoms with Crippen molar-refractivity contribution in [3.8, 4) is 22.4 Å². The number of carbonyl (C=O) groups excluding carboxylic acids is 1. The van der Waals surface area contributed by atoms with Gasteiger partial charge in [0, 0.05) is 55.8 Å². The van der Waals surface area contributed by atoms with E-state index in [0.29, 0.717) is 47.4 Å². The highest BCUT2D eigenvalue weighted by molar-refractivity contribution is 7.22. The van der Waals surface area contributed by atoms with Crippen molar-refractivity contribution >= 4 is 32.7 Å². The van der Waals surface area contributed by atoms with E-state index in [1.165, 1.54) is 11.3 Å². The molecule has 3 aromatic heterocycles. The molecule has 4 aromatic rings. The molecule has 0 atom stereocenters. The summed E-state index contributed by atoms with van der Waals surface area (Å²) in [6.45, 7) is 6.03. The Balaban J connectivity index is 1.55. The van der Waals surface area contributed by atoms with Crippen molar-refractivity contribution in [2.24, 2.45) is 0 Å². The average Bonchev–Trinajstić information content (AvgIpc) is 3.44. The third-order valence-corrected chi connectivity index (χ3v) is 7.36. The highest BCUT2D eigenvalue weighted by Crippen LogP contribution is 2.38. The number of rotatable bonds is 7. The molecule has 0 aliphatic carbocycles. The number of likely N-dealkylation sites (tertiary alicyclic amines) is 1. The number of benzene rings is 1. The summed E-state index contributed by atoms with van der Waals surface area (Å²) in [6, 6.07) is 7.22. The Morgan fingerprint density at radius 3 is 2.62 bits per heavy atom. The van der Waals surface area contributed by atoms with Gasteiger partial charge in [-0.05, 0) is 56.2 Å². The zero-order valence-corrected chi connectivity index (χ0v) is 22.6. The van der Waals surface area contributed by atoms with Gasteiger partial charge in [-0.1, -0.05) is 11.3 Å². The summed E-state index contributed by atoms with van der Waals surface area (Å²) in [7, 11) is 0. The summed E-state index contributed by atoms with van der Waals surface area (Å²) in [4.78, 5) is 31.8. The topological polar surface area (TPSA) is 116 Å². The SMILES string of the molecule is CCNC(=O)Nc1nc2cc(-c3cnc(C(C)(C)O)nc3)cc(-c3cc(CN4CCC(F)(F)C4)ccn3)c2s1. The van der Waals surface area contributed by atoms with E-state index in [1.54, 1.807) is 37.3 Å². The molecular formula is C27H29F2N7O2S. The predicted molar refractivity (Wildman–Crippen MR) is 147 cm³/mol.